The molecule has 2 aromatic heterocycles. The standard InChI is InChI=1S/C15H16N2O/c1-3-4-10-7-13-12-6-5-11(18)8-14(12)17-15(13)9(2)16-10/h5-8,16-17H,3-4H2,1-2H3. The van der Waals surface area contributed by atoms with Crippen LogP contribution < -0.4 is 5.43 Å². The van der Waals surface area contributed by atoms with Gasteiger partial charge in [-0.3, -0.25) is 4.79 Å². The predicted molar refractivity (Wildman–Crippen MR) is 75.2 cm³/mol. The van der Waals surface area contributed by atoms with E-state index in [0.29, 0.717) is 0 Å². The summed E-state index contributed by atoms with van der Waals surface area (Å²) in [6, 6.07) is 7.39. The van der Waals surface area contributed by atoms with Gasteiger partial charge in [0.2, 0.25) is 0 Å². The number of rotatable bonds is 2. The fourth-order valence-corrected chi connectivity index (χ4v) is 2.56. The van der Waals surface area contributed by atoms with Crippen LogP contribution >= 0.6 is 0 Å². The monoisotopic (exact) mass is 240 g/mol. The Morgan fingerprint density at radius 1 is 1.11 bits per heavy atom. The number of pyridine rings is 1. The number of hydrogen-bond acceptors (Lipinski definition) is 1. The third kappa shape index (κ3) is 1.63. The summed E-state index contributed by atoms with van der Waals surface area (Å²) in [5, 5.41) is 2.32. The summed E-state index contributed by atoms with van der Waals surface area (Å²) in [7, 11) is 0. The quantitative estimate of drug-likeness (QED) is 0.709. The lowest BCUT2D eigenvalue weighted by Gasteiger charge is -2.04. The lowest BCUT2D eigenvalue weighted by molar-refractivity contribution is 0.878. The van der Waals surface area contributed by atoms with Crippen molar-refractivity contribution in [3.8, 4) is 0 Å². The van der Waals surface area contributed by atoms with E-state index in [4.69, 9.17) is 0 Å². The van der Waals surface area contributed by atoms with E-state index >= 15 is 0 Å². The molecule has 3 aromatic rings. The molecular formula is C15H16N2O. The molecule has 0 bridgehead atoms. The van der Waals surface area contributed by atoms with Gasteiger partial charge in [-0.1, -0.05) is 13.3 Å². The van der Waals surface area contributed by atoms with Crippen LogP contribution in [0.3, 0.4) is 0 Å². The van der Waals surface area contributed by atoms with E-state index in [1.54, 1.807) is 12.1 Å². The van der Waals surface area contributed by atoms with Crippen molar-refractivity contribution in [1.82, 2.24) is 9.97 Å². The molecule has 92 valence electrons. The maximum Gasteiger partial charge on any atom is 0.180 e. The average Bonchev–Trinajstić information content (AvgIpc) is 2.68. The van der Waals surface area contributed by atoms with Crippen LogP contribution in [0.2, 0.25) is 0 Å². The molecule has 0 fully saturated rings. The van der Waals surface area contributed by atoms with Crippen LogP contribution in [0.5, 0.6) is 0 Å². The number of aryl methyl sites for hydroxylation is 2. The normalized spacial score (nSPS) is 11.4. The molecule has 3 rings (SSSR count). The van der Waals surface area contributed by atoms with Gasteiger partial charge in [-0.05, 0) is 31.5 Å². The van der Waals surface area contributed by atoms with Crippen molar-refractivity contribution < 1.29 is 0 Å². The van der Waals surface area contributed by atoms with Gasteiger partial charge in [0.1, 0.15) is 0 Å². The van der Waals surface area contributed by atoms with E-state index in [0.717, 1.165) is 35.0 Å². The van der Waals surface area contributed by atoms with Crippen molar-refractivity contribution in [2.24, 2.45) is 0 Å². The van der Waals surface area contributed by atoms with Crippen LogP contribution in [-0.4, -0.2) is 9.97 Å². The molecule has 0 aliphatic heterocycles. The van der Waals surface area contributed by atoms with Gasteiger partial charge >= 0.3 is 0 Å². The van der Waals surface area contributed by atoms with Crippen LogP contribution in [0.15, 0.2) is 29.1 Å². The molecule has 3 heteroatoms. The smallest absolute Gasteiger partial charge is 0.180 e. The molecule has 0 aliphatic carbocycles. The van der Waals surface area contributed by atoms with Crippen molar-refractivity contribution in [3.63, 3.8) is 0 Å². The van der Waals surface area contributed by atoms with Gasteiger partial charge in [0, 0.05) is 28.2 Å². The zero-order valence-corrected chi connectivity index (χ0v) is 10.6. The van der Waals surface area contributed by atoms with Gasteiger partial charge in [-0.25, -0.2) is 0 Å². The molecule has 0 aliphatic rings. The van der Waals surface area contributed by atoms with Gasteiger partial charge < -0.3 is 9.97 Å². The molecule has 18 heavy (non-hydrogen) atoms. The highest BCUT2D eigenvalue weighted by Gasteiger charge is 2.08. The number of fused-ring (bicyclic) bond motifs is 3. The summed E-state index contributed by atoms with van der Waals surface area (Å²) in [4.78, 5) is 18.1. The summed E-state index contributed by atoms with van der Waals surface area (Å²) >= 11 is 0. The van der Waals surface area contributed by atoms with Crippen LogP contribution in [0.4, 0.5) is 0 Å². The molecule has 3 nitrogen and oxygen atoms in total. The first-order valence-electron chi connectivity index (χ1n) is 6.33. The number of aromatic amines is 2. The summed E-state index contributed by atoms with van der Waals surface area (Å²) < 4.78 is 0. The highest BCUT2D eigenvalue weighted by molar-refractivity contribution is 6.07. The summed E-state index contributed by atoms with van der Waals surface area (Å²) in [5.41, 5.74) is 4.43. The van der Waals surface area contributed by atoms with E-state index in [2.05, 4.69) is 29.9 Å². The number of benzene rings is 1. The van der Waals surface area contributed by atoms with Crippen molar-refractivity contribution in [2.45, 2.75) is 26.7 Å². The fraction of sp³-hybridized carbons (Fsp3) is 0.267. The minimum atomic E-state index is 0.0458. The molecule has 0 saturated heterocycles. The second kappa shape index (κ2) is 4.02. The maximum absolute atomic E-state index is 11.4. The van der Waals surface area contributed by atoms with Crippen LogP contribution in [0.25, 0.3) is 21.8 Å². The molecule has 2 N–H and O–H groups in total. The number of nitrogens with one attached hydrogen (secondary N) is 2. The zero-order chi connectivity index (χ0) is 12.7. The lowest BCUT2D eigenvalue weighted by Crippen LogP contribution is -1.93. The number of H-pyrrole nitrogens is 2. The molecule has 0 atom stereocenters. The Hall–Kier alpha value is -2.03. The lowest BCUT2D eigenvalue weighted by atomic mass is 10.1. The summed E-state index contributed by atoms with van der Waals surface area (Å²) in [5.74, 6) is 0. The summed E-state index contributed by atoms with van der Waals surface area (Å²) in [6.07, 6.45) is 2.16. The Balaban J connectivity index is 2.40. The van der Waals surface area contributed by atoms with Gasteiger partial charge in [0.25, 0.3) is 0 Å². The van der Waals surface area contributed by atoms with E-state index in [-0.39, 0.29) is 5.43 Å². The van der Waals surface area contributed by atoms with Gasteiger partial charge in [0.05, 0.1) is 11.0 Å². The Kier molecular flexibility index (Phi) is 2.47. The maximum atomic E-state index is 11.4. The fourth-order valence-electron chi connectivity index (χ4n) is 2.56. The first kappa shape index (κ1) is 11.1. The largest absolute Gasteiger partial charge is 0.361 e. The van der Waals surface area contributed by atoms with Gasteiger partial charge in [-0.15, -0.1) is 0 Å². The molecule has 1 aromatic carbocycles. The second-order valence-electron chi connectivity index (χ2n) is 4.79. The molecule has 0 saturated carbocycles. The Morgan fingerprint density at radius 3 is 2.72 bits per heavy atom. The van der Waals surface area contributed by atoms with Crippen LogP contribution in [0.1, 0.15) is 24.7 Å². The Labute approximate surface area is 105 Å². The van der Waals surface area contributed by atoms with Crippen molar-refractivity contribution in [2.75, 3.05) is 0 Å². The highest BCUT2D eigenvalue weighted by Crippen LogP contribution is 2.26. The zero-order valence-electron chi connectivity index (χ0n) is 10.6. The Bertz CT molecular complexity index is 780. The third-order valence-corrected chi connectivity index (χ3v) is 3.37. The van der Waals surface area contributed by atoms with Crippen molar-refractivity contribution >= 4 is 21.8 Å². The van der Waals surface area contributed by atoms with Crippen LogP contribution in [0, 0.1) is 6.92 Å². The van der Waals surface area contributed by atoms with Gasteiger partial charge in [0.15, 0.2) is 5.43 Å². The SMILES string of the molecule is CCCc1cc2c([nH]c3cc(=O)ccc32)c(C)[nH]1. The highest BCUT2D eigenvalue weighted by atomic mass is 16.1. The minimum absolute atomic E-state index is 0.0458. The number of aromatic nitrogens is 2. The first-order valence-corrected chi connectivity index (χ1v) is 6.33. The van der Waals surface area contributed by atoms with E-state index in [1.165, 1.54) is 11.1 Å². The van der Waals surface area contributed by atoms with E-state index < -0.39 is 0 Å². The third-order valence-electron chi connectivity index (χ3n) is 3.37. The molecular weight excluding hydrogens is 224 g/mol. The van der Waals surface area contributed by atoms with Crippen LogP contribution in [-0.2, 0) is 6.42 Å². The second-order valence-corrected chi connectivity index (χ2v) is 4.79. The average molecular weight is 240 g/mol. The predicted octanol–water partition coefficient (Wildman–Crippen LogP) is 3.27. The first-order chi connectivity index (χ1) is 8.69. The molecule has 2 heterocycles. The molecule has 0 unspecified atom stereocenters. The Morgan fingerprint density at radius 2 is 1.94 bits per heavy atom. The minimum Gasteiger partial charge on any atom is -0.361 e. The van der Waals surface area contributed by atoms with Gasteiger partial charge in [-0.2, -0.15) is 0 Å². The number of hydrogen-bond donors (Lipinski definition) is 2. The molecule has 0 radical (unpaired) electrons. The van der Waals surface area contributed by atoms with E-state index in [9.17, 15) is 4.79 Å². The van der Waals surface area contributed by atoms with E-state index in [1.807, 2.05) is 6.07 Å². The summed E-state index contributed by atoms with van der Waals surface area (Å²) in [6.45, 7) is 4.24. The van der Waals surface area contributed by atoms with Crippen molar-refractivity contribution in [3.05, 3.63) is 45.9 Å². The molecule has 0 amide bonds. The topological polar surface area (TPSA) is 48.6 Å². The van der Waals surface area contributed by atoms with Crippen molar-refractivity contribution in [1.29, 1.82) is 0 Å². The molecule has 0 spiro atoms.